The van der Waals surface area contributed by atoms with E-state index in [2.05, 4.69) is 4.98 Å². The molecular weight excluding hydrogens is 282 g/mol. The maximum Gasteiger partial charge on any atom is 0.416 e. The summed E-state index contributed by atoms with van der Waals surface area (Å²) in [4.78, 5) is 14.3. The number of oxazole rings is 1. The maximum atomic E-state index is 13.6. The molecule has 0 aliphatic heterocycles. The molecule has 0 unspecified atom stereocenters. The first kappa shape index (κ1) is 14.0. The number of aromatic carboxylic acids is 1. The van der Waals surface area contributed by atoms with Gasteiger partial charge in [0.15, 0.2) is 5.69 Å². The fraction of sp³-hybridized carbons (Fsp3) is 0.167. The minimum Gasteiger partial charge on any atom is -0.476 e. The largest absolute Gasteiger partial charge is 0.476 e. The van der Waals surface area contributed by atoms with Gasteiger partial charge in [0.1, 0.15) is 11.6 Å². The molecule has 8 heteroatoms. The van der Waals surface area contributed by atoms with Crippen molar-refractivity contribution in [3.05, 3.63) is 41.0 Å². The van der Waals surface area contributed by atoms with E-state index in [1.807, 2.05) is 0 Å². The molecule has 1 aromatic carbocycles. The van der Waals surface area contributed by atoms with Gasteiger partial charge in [0.2, 0.25) is 5.89 Å². The Bertz CT molecular complexity index is 676. The molecule has 1 N–H and O–H groups in total. The van der Waals surface area contributed by atoms with Gasteiger partial charge in [-0.1, -0.05) is 0 Å². The smallest absolute Gasteiger partial charge is 0.416 e. The summed E-state index contributed by atoms with van der Waals surface area (Å²) in [5, 5.41) is 8.78. The van der Waals surface area contributed by atoms with E-state index in [4.69, 9.17) is 9.52 Å². The summed E-state index contributed by atoms with van der Waals surface area (Å²) in [6.07, 6.45) is -4.65. The van der Waals surface area contributed by atoms with Gasteiger partial charge < -0.3 is 9.52 Å². The van der Waals surface area contributed by atoms with Crippen LogP contribution in [0.25, 0.3) is 11.5 Å². The van der Waals surface area contributed by atoms with E-state index in [1.54, 1.807) is 0 Å². The zero-order valence-corrected chi connectivity index (χ0v) is 9.95. The number of hydrogen-bond donors (Lipinski definition) is 1. The molecule has 0 amide bonds. The quantitative estimate of drug-likeness (QED) is 0.859. The van der Waals surface area contributed by atoms with Gasteiger partial charge in [0.25, 0.3) is 0 Å². The highest BCUT2D eigenvalue weighted by atomic mass is 19.4. The Labute approximate surface area is 109 Å². The lowest BCUT2D eigenvalue weighted by Gasteiger charge is -2.07. The summed E-state index contributed by atoms with van der Waals surface area (Å²) in [5.41, 5.74) is -2.10. The molecule has 0 saturated heterocycles. The minimum absolute atomic E-state index is 0.121. The Hall–Kier alpha value is -2.38. The first-order valence-electron chi connectivity index (χ1n) is 5.28. The molecule has 1 heterocycles. The van der Waals surface area contributed by atoms with Crippen molar-refractivity contribution >= 4 is 5.97 Å². The van der Waals surface area contributed by atoms with Crippen LogP contribution in [-0.4, -0.2) is 16.1 Å². The summed E-state index contributed by atoms with van der Waals surface area (Å²) in [5.74, 6) is -3.03. The van der Waals surface area contributed by atoms with Crippen molar-refractivity contribution in [1.29, 1.82) is 0 Å². The Balaban J connectivity index is 2.57. The highest BCUT2D eigenvalue weighted by Gasteiger charge is 2.32. The molecule has 20 heavy (non-hydrogen) atoms. The first-order valence-corrected chi connectivity index (χ1v) is 5.28. The van der Waals surface area contributed by atoms with Crippen LogP contribution in [0.15, 0.2) is 22.6 Å². The van der Waals surface area contributed by atoms with Gasteiger partial charge in [-0.05, 0) is 25.1 Å². The summed E-state index contributed by atoms with van der Waals surface area (Å²) >= 11 is 0. The lowest BCUT2D eigenvalue weighted by atomic mass is 10.1. The third kappa shape index (κ3) is 2.49. The van der Waals surface area contributed by atoms with Crippen LogP contribution in [0.2, 0.25) is 0 Å². The Morgan fingerprint density at radius 3 is 2.50 bits per heavy atom. The number of benzene rings is 1. The molecule has 106 valence electrons. The lowest BCUT2D eigenvalue weighted by molar-refractivity contribution is -0.137. The molecule has 0 fully saturated rings. The fourth-order valence-electron chi connectivity index (χ4n) is 1.58. The average Bonchev–Trinajstić information content (AvgIpc) is 2.70. The monoisotopic (exact) mass is 289 g/mol. The number of rotatable bonds is 2. The molecule has 0 saturated carbocycles. The van der Waals surface area contributed by atoms with E-state index in [9.17, 15) is 22.4 Å². The second kappa shape index (κ2) is 4.62. The number of halogens is 4. The van der Waals surface area contributed by atoms with E-state index in [0.29, 0.717) is 18.2 Å². The third-order valence-corrected chi connectivity index (χ3v) is 2.52. The van der Waals surface area contributed by atoms with Gasteiger partial charge in [0, 0.05) is 0 Å². The number of carboxylic acids is 1. The van der Waals surface area contributed by atoms with Crippen molar-refractivity contribution in [1.82, 2.24) is 4.98 Å². The Morgan fingerprint density at radius 1 is 1.35 bits per heavy atom. The first-order chi connectivity index (χ1) is 9.20. The van der Waals surface area contributed by atoms with Crippen LogP contribution in [0.3, 0.4) is 0 Å². The molecule has 0 aliphatic rings. The molecule has 0 aliphatic carbocycles. The zero-order valence-electron chi connectivity index (χ0n) is 9.95. The number of nitrogens with zero attached hydrogens (tertiary/aromatic N) is 1. The third-order valence-electron chi connectivity index (χ3n) is 2.52. The standard InChI is InChI=1S/C12H7F4NO3/c1-5-9(11(18)19)17-10(20-5)7-4-6(12(14,15)16)2-3-8(7)13/h2-4H,1H3,(H,18,19). The van der Waals surface area contributed by atoms with Crippen molar-refractivity contribution in [3.63, 3.8) is 0 Å². The van der Waals surface area contributed by atoms with Crippen LogP contribution < -0.4 is 0 Å². The average molecular weight is 289 g/mol. The molecule has 2 rings (SSSR count). The van der Waals surface area contributed by atoms with Crippen molar-refractivity contribution in [2.45, 2.75) is 13.1 Å². The molecule has 2 aromatic rings. The Morgan fingerprint density at radius 2 is 2.00 bits per heavy atom. The normalized spacial score (nSPS) is 11.7. The van der Waals surface area contributed by atoms with Crippen molar-refractivity contribution in [3.8, 4) is 11.5 Å². The molecule has 0 atom stereocenters. The number of aromatic nitrogens is 1. The van der Waals surface area contributed by atoms with Crippen LogP contribution in [-0.2, 0) is 6.18 Å². The number of hydrogen-bond acceptors (Lipinski definition) is 3. The van der Waals surface area contributed by atoms with E-state index in [0.717, 1.165) is 0 Å². The highest BCUT2D eigenvalue weighted by Crippen LogP contribution is 2.33. The molecule has 0 radical (unpaired) electrons. The summed E-state index contributed by atoms with van der Waals surface area (Å²) in [7, 11) is 0. The van der Waals surface area contributed by atoms with Gasteiger partial charge >= 0.3 is 12.1 Å². The second-order valence-corrected chi connectivity index (χ2v) is 3.92. The zero-order chi connectivity index (χ0) is 15.1. The summed E-state index contributed by atoms with van der Waals surface area (Å²) in [6.45, 7) is 1.27. The topological polar surface area (TPSA) is 63.3 Å². The van der Waals surface area contributed by atoms with Gasteiger partial charge in [-0.2, -0.15) is 13.2 Å². The Kier molecular flexibility index (Phi) is 3.24. The van der Waals surface area contributed by atoms with Gasteiger partial charge in [-0.25, -0.2) is 14.2 Å². The molecule has 4 nitrogen and oxygen atoms in total. The van der Waals surface area contributed by atoms with E-state index in [-0.39, 0.29) is 5.76 Å². The summed E-state index contributed by atoms with van der Waals surface area (Å²) in [6, 6.07) is 1.72. The van der Waals surface area contributed by atoms with E-state index in [1.165, 1.54) is 6.92 Å². The second-order valence-electron chi connectivity index (χ2n) is 3.92. The van der Waals surface area contributed by atoms with Crippen LogP contribution in [0.1, 0.15) is 21.8 Å². The van der Waals surface area contributed by atoms with Gasteiger partial charge in [0.05, 0.1) is 11.1 Å². The number of carboxylic acid groups (broad SMARTS) is 1. The van der Waals surface area contributed by atoms with Crippen LogP contribution in [0, 0.1) is 12.7 Å². The minimum atomic E-state index is -4.65. The SMILES string of the molecule is Cc1oc(-c2cc(C(F)(F)F)ccc2F)nc1C(=O)O. The van der Waals surface area contributed by atoms with Crippen LogP contribution in [0.5, 0.6) is 0 Å². The van der Waals surface area contributed by atoms with Gasteiger partial charge in [-0.3, -0.25) is 0 Å². The molecule has 0 spiro atoms. The summed E-state index contributed by atoms with van der Waals surface area (Å²) < 4.78 is 56.2. The maximum absolute atomic E-state index is 13.6. The van der Waals surface area contributed by atoms with E-state index < -0.39 is 40.7 Å². The molecule has 1 aromatic heterocycles. The lowest BCUT2D eigenvalue weighted by Crippen LogP contribution is -2.05. The highest BCUT2D eigenvalue weighted by molar-refractivity contribution is 5.87. The van der Waals surface area contributed by atoms with Gasteiger partial charge in [-0.15, -0.1) is 0 Å². The van der Waals surface area contributed by atoms with Crippen LogP contribution >= 0.6 is 0 Å². The number of carbonyl (C=O) groups is 1. The molecular formula is C12H7F4NO3. The van der Waals surface area contributed by atoms with Crippen molar-refractivity contribution in [2.75, 3.05) is 0 Å². The number of alkyl halides is 3. The van der Waals surface area contributed by atoms with E-state index >= 15 is 0 Å². The fourth-order valence-corrected chi connectivity index (χ4v) is 1.58. The number of aryl methyl sites for hydroxylation is 1. The molecule has 0 bridgehead atoms. The van der Waals surface area contributed by atoms with Crippen LogP contribution in [0.4, 0.5) is 17.6 Å². The van der Waals surface area contributed by atoms with Crippen molar-refractivity contribution < 1.29 is 31.9 Å². The predicted molar refractivity (Wildman–Crippen MR) is 58.6 cm³/mol. The predicted octanol–water partition coefficient (Wildman–Crippen LogP) is 3.51. The van der Waals surface area contributed by atoms with Crippen molar-refractivity contribution in [2.24, 2.45) is 0 Å².